The highest BCUT2D eigenvalue weighted by molar-refractivity contribution is 7.03. The minimum atomic E-state index is -0.0869. The first-order valence-corrected chi connectivity index (χ1v) is 5.07. The molecule has 0 saturated heterocycles. The number of allylic oxidation sites excluding steroid dienone is 1. The Labute approximate surface area is 90.2 Å². The average molecular weight is 220 g/mol. The minimum Gasteiger partial charge on any atom is -0.289 e. The first-order valence-electron chi connectivity index (χ1n) is 4.24. The Morgan fingerprint density at radius 1 is 1.60 bits per heavy atom. The van der Waals surface area contributed by atoms with Crippen LogP contribution in [-0.2, 0) is 7.05 Å². The van der Waals surface area contributed by atoms with Crippen LogP contribution in [0.2, 0.25) is 0 Å². The molecule has 76 valence electrons. The fourth-order valence-corrected chi connectivity index (χ4v) is 1.47. The summed E-state index contributed by atoms with van der Waals surface area (Å²) in [5, 5.41) is 9.49. The van der Waals surface area contributed by atoms with Gasteiger partial charge >= 0.3 is 0 Å². The van der Waals surface area contributed by atoms with Gasteiger partial charge in [-0.25, -0.2) is 0 Å². The van der Waals surface area contributed by atoms with Gasteiger partial charge in [0.15, 0.2) is 5.78 Å². The normalized spacial score (nSPS) is 11.0. The molecule has 0 saturated carbocycles. The monoisotopic (exact) mass is 220 g/mol. The van der Waals surface area contributed by atoms with Crippen molar-refractivity contribution in [1.82, 2.24) is 19.4 Å². The van der Waals surface area contributed by atoms with Crippen molar-refractivity contribution in [2.75, 3.05) is 0 Å². The molecular formula is C9H8N4OS. The van der Waals surface area contributed by atoms with Gasteiger partial charge in [0, 0.05) is 18.6 Å². The van der Waals surface area contributed by atoms with E-state index in [2.05, 4.69) is 14.7 Å². The molecule has 6 heteroatoms. The van der Waals surface area contributed by atoms with Gasteiger partial charge in [-0.2, -0.15) is 5.10 Å². The van der Waals surface area contributed by atoms with E-state index in [-0.39, 0.29) is 5.78 Å². The average Bonchev–Trinajstić information content (AvgIpc) is 2.84. The number of nitrogens with zero attached hydrogens (tertiary/aromatic N) is 4. The fraction of sp³-hybridized carbons (Fsp3) is 0.111. The molecule has 15 heavy (non-hydrogen) atoms. The first-order chi connectivity index (χ1) is 7.25. The molecule has 0 aliphatic heterocycles. The summed E-state index contributed by atoms with van der Waals surface area (Å²) in [6, 6.07) is 0. The van der Waals surface area contributed by atoms with Crippen LogP contribution in [0, 0.1) is 0 Å². The highest BCUT2D eigenvalue weighted by atomic mass is 32.1. The minimum absolute atomic E-state index is 0.0869. The van der Waals surface area contributed by atoms with E-state index < -0.39 is 0 Å². The smallest absolute Gasteiger partial charge is 0.189 e. The summed E-state index contributed by atoms with van der Waals surface area (Å²) < 4.78 is 5.28. The molecule has 0 N–H and O–H groups in total. The van der Waals surface area contributed by atoms with E-state index >= 15 is 0 Å². The van der Waals surface area contributed by atoms with Crippen molar-refractivity contribution in [3.05, 3.63) is 35.1 Å². The number of ketones is 1. The standard InChI is InChI=1S/C9H8N4OS/c1-13-5-7(4-10-13)9(14)3-2-8-6-15-12-11-8/h2-6H,1H3/b3-2+. The molecule has 0 atom stereocenters. The predicted octanol–water partition coefficient (Wildman–Crippen LogP) is 1.17. The summed E-state index contributed by atoms with van der Waals surface area (Å²) in [5.74, 6) is -0.0869. The predicted molar refractivity (Wildman–Crippen MR) is 56.5 cm³/mol. The highest BCUT2D eigenvalue weighted by Crippen LogP contribution is 2.03. The molecule has 0 aromatic carbocycles. The number of carbonyl (C=O) groups is 1. The quantitative estimate of drug-likeness (QED) is 0.575. The molecule has 0 aliphatic carbocycles. The van der Waals surface area contributed by atoms with Crippen LogP contribution in [0.3, 0.4) is 0 Å². The highest BCUT2D eigenvalue weighted by Gasteiger charge is 2.03. The maximum absolute atomic E-state index is 11.6. The number of rotatable bonds is 3. The summed E-state index contributed by atoms with van der Waals surface area (Å²) >= 11 is 1.25. The lowest BCUT2D eigenvalue weighted by Crippen LogP contribution is -1.91. The third-order valence-electron chi connectivity index (χ3n) is 1.77. The van der Waals surface area contributed by atoms with Crippen molar-refractivity contribution in [3.63, 3.8) is 0 Å². The van der Waals surface area contributed by atoms with Crippen LogP contribution in [0.15, 0.2) is 23.8 Å². The van der Waals surface area contributed by atoms with Crippen LogP contribution in [0.1, 0.15) is 16.1 Å². The molecule has 2 rings (SSSR count). The van der Waals surface area contributed by atoms with Crippen LogP contribution >= 0.6 is 11.5 Å². The number of carbonyl (C=O) groups excluding carboxylic acids is 1. The summed E-state index contributed by atoms with van der Waals surface area (Å²) in [7, 11) is 1.77. The number of aryl methyl sites for hydroxylation is 1. The molecule has 0 radical (unpaired) electrons. The second-order valence-electron chi connectivity index (χ2n) is 2.93. The number of aromatic nitrogens is 4. The van der Waals surface area contributed by atoms with E-state index in [4.69, 9.17) is 0 Å². The van der Waals surface area contributed by atoms with Crippen molar-refractivity contribution in [2.24, 2.45) is 7.05 Å². The summed E-state index contributed by atoms with van der Waals surface area (Å²) in [6.45, 7) is 0. The van der Waals surface area contributed by atoms with Gasteiger partial charge in [-0.05, 0) is 23.7 Å². The Morgan fingerprint density at radius 3 is 3.07 bits per heavy atom. The maximum atomic E-state index is 11.6. The van der Waals surface area contributed by atoms with Crippen molar-refractivity contribution < 1.29 is 4.79 Å². The van der Waals surface area contributed by atoms with Crippen molar-refractivity contribution in [1.29, 1.82) is 0 Å². The molecule has 0 fully saturated rings. The third kappa shape index (κ3) is 2.35. The number of hydrogen-bond donors (Lipinski definition) is 0. The van der Waals surface area contributed by atoms with Crippen LogP contribution in [0.4, 0.5) is 0 Å². The van der Waals surface area contributed by atoms with Crippen molar-refractivity contribution >= 4 is 23.4 Å². The fourth-order valence-electron chi connectivity index (χ4n) is 1.05. The Hall–Kier alpha value is -1.82. The molecule has 0 unspecified atom stereocenters. The summed E-state index contributed by atoms with van der Waals surface area (Å²) in [6.07, 6.45) is 6.31. The van der Waals surface area contributed by atoms with Gasteiger partial charge in [-0.3, -0.25) is 9.48 Å². The Balaban J connectivity index is 2.10. The van der Waals surface area contributed by atoms with Crippen molar-refractivity contribution in [2.45, 2.75) is 0 Å². The lowest BCUT2D eigenvalue weighted by Gasteiger charge is -1.86. The Morgan fingerprint density at radius 2 is 2.47 bits per heavy atom. The van der Waals surface area contributed by atoms with E-state index in [1.54, 1.807) is 29.4 Å². The van der Waals surface area contributed by atoms with E-state index in [1.165, 1.54) is 23.8 Å². The maximum Gasteiger partial charge on any atom is 0.189 e. The lowest BCUT2D eigenvalue weighted by atomic mass is 10.2. The zero-order valence-corrected chi connectivity index (χ0v) is 8.81. The van der Waals surface area contributed by atoms with Gasteiger partial charge in [0.2, 0.25) is 0 Å². The van der Waals surface area contributed by atoms with Gasteiger partial charge in [0.05, 0.1) is 17.5 Å². The molecule has 5 nitrogen and oxygen atoms in total. The molecular weight excluding hydrogens is 212 g/mol. The molecule has 0 aliphatic rings. The molecule has 2 aromatic rings. The zero-order valence-electron chi connectivity index (χ0n) is 7.99. The third-order valence-corrected chi connectivity index (χ3v) is 2.29. The zero-order chi connectivity index (χ0) is 10.7. The SMILES string of the molecule is Cn1cc(C(=O)/C=C/c2csnn2)cn1. The van der Waals surface area contributed by atoms with E-state index in [0.717, 1.165) is 0 Å². The molecule has 2 heterocycles. The first kappa shape index (κ1) is 9.72. The van der Waals surface area contributed by atoms with E-state index in [1.807, 2.05) is 0 Å². The summed E-state index contributed by atoms with van der Waals surface area (Å²) in [4.78, 5) is 11.6. The number of hydrogen-bond acceptors (Lipinski definition) is 5. The van der Waals surface area contributed by atoms with Crippen molar-refractivity contribution in [3.8, 4) is 0 Å². The van der Waals surface area contributed by atoms with Gasteiger partial charge in [-0.1, -0.05) is 4.49 Å². The second-order valence-corrected chi connectivity index (χ2v) is 3.54. The van der Waals surface area contributed by atoms with Crippen LogP contribution in [0.25, 0.3) is 6.08 Å². The van der Waals surface area contributed by atoms with Crippen LogP contribution in [-0.4, -0.2) is 25.2 Å². The van der Waals surface area contributed by atoms with Gasteiger partial charge < -0.3 is 0 Å². The van der Waals surface area contributed by atoms with E-state index in [9.17, 15) is 4.79 Å². The second kappa shape index (κ2) is 4.14. The molecule has 0 bridgehead atoms. The lowest BCUT2D eigenvalue weighted by molar-refractivity contribution is 0.104. The van der Waals surface area contributed by atoms with Crippen LogP contribution < -0.4 is 0 Å². The molecule has 2 aromatic heterocycles. The van der Waals surface area contributed by atoms with Gasteiger partial charge in [-0.15, -0.1) is 5.10 Å². The largest absolute Gasteiger partial charge is 0.289 e. The molecule has 0 amide bonds. The van der Waals surface area contributed by atoms with Crippen LogP contribution in [0.5, 0.6) is 0 Å². The van der Waals surface area contributed by atoms with Gasteiger partial charge in [0.1, 0.15) is 0 Å². The van der Waals surface area contributed by atoms with E-state index in [0.29, 0.717) is 11.3 Å². The molecule has 0 spiro atoms. The summed E-state index contributed by atoms with van der Waals surface area (Å²) in [5.41, 5.74) is 1.26. The Kier molecular flexibility index (Phi) is 2.68. The Bertz CT molecular complexity index is 486. The topological polar surface area (TPSA) is 60.7 Å². The van der Waals surface area contributed by atoms with Gasteiger partial charge in [0.25, 0.3) is 0 Å².